The van der Waals surface area contributed by atoms with Crippen LogP contribution >= 0.6 is 11.8 Å². The lowest BCUT2D eigenvalue weighted by molar-refractivity contribution is 0.200. The minimum absolute atomic E-state index is 0.362. The molecule has 0 bridgehead atoms. The number of aromatic nitrogens is 3. The molecule has 1 heterocycles. The van der Waals surface area contributed by atoms with Gasteiger partial charge in [-0.1, -0.05) is 11.8 Å². The van der Waals surface area contributed by atoms with E-state index in [-0.39, 0.29) is 0 Å². The second-order valence-corrected chi connectivity index (χ2v) is 4.16. The van der Waals surface area contributed by atoms with Crippen molar-refractivity contribution in [1.29, 1.82) is 0 Å². The average molecular weight is 258 g/mol. The molecule has 6 nitrogen and oxygen atoms in total. The van der Waals surface area contributed by atoms with Crippen LogP contribution in [0.4, 0.5) is 5.95 Å². The number of hydrogen-bond donors (Lipinski definition) is 1. The number of methoxy groups -OCH3 is 1. The summed E-state index contributed by atoms with van der Waals surface area (Å²) in [6, 6.07) is 0.362. The van der Waals surface area contributed by atoms with Gasteiger partial charge in [0.15, 0.2) is 5.16 Å². The lowest BCUT2D eigenvalue weighted by Gasteiger charge is -2.06. The van der Waals surface area contributed by atoms with Crippen LogP contribution in [-0.2, 0) is 4.74 Å². The minimum atomic E-state index is 0.362. The van der Waals surface area contributed by atoms with Crippen molar-refractivity contribution in [2.45, 2.75) is 18.5 Å². The van der Waals surface area contributed by atoms with Gasteiger partial charge in [-0.05, 0) is 13.3 Å². The molecule has 0 saturated heterocycles. The van der Waals surface area contributed by atoms with Crippen LogP contribution in [0.25, 0.3) is 0 Å². The second-order valence-electron chi connectivity index (χ2n) is 3.10. The quantitative estimate of drug-likeness (QED) is 0.559. The summed E-state index contributed by atoms with van der Waals surface area (Å²) in [6.45, 7) is 3.18. The van der Waals surface area contributed by atoms with Crippen molar-refractivity contribution < 1.29 is 9.47 Å². The summed E-state index contributed by atoms with van der Waals surface area (Å²) in [5, 5.41) is 3.56. The fourth-order valence-electron chi connectivity index (χ4n) is 1.07. The van der Waals surface area contributed by atoms with Crippen molar-refractivity contribution in [1.82, 2.24) is 15.0 Å². The van der Waals surface area contributed by atoms with Crippen LogP contribution in [0.15, 0.2) is 5.16 Å². The van der Waals surface area contributed by atoms with Crippen LogP contribution < -0.4 is 10.1 Å². The summed E-state index contributed by atoms with van der Waals surface area (Å²) in [7, 11) is 3.46. The summed E-state index contributed by atoms with van der Waals surface area (Å²) in [5.41, 5.74) is 0. The van der Waals surface area contributed by atoms with Crippen LogP contribution in [-0.4, -0.2) is 48.1 Å². The third-order valence-corrected chi connectivity index (χ3v) is 2.75. The third-order valence-electron chi connectivity index (χ3n) is 1.82. The van der Waals surface area contributed by atoms with E-state index < -0.39 is 0 Å². The van der Waals surface area contributed by atoms with Crippen molar-refractivity contribution >= 4 is 17.7 Å². The van der Waals surface area contributed by atoms with Gasteiger partial charge in [-0.2, -0.15) is 15.0 Å². The highest BCUT2D eigenvalue weighted by Crippen LogP contribution is 2.18. The first-order valence-electron chi connectivity index (χ1n) is 5.48. The summed E-state index contributed by atoms with van der Waals surface area (Å²) in [4.78, 5) is 12.5. The predicted molar refractivity (Wildman–Crippen MR) is 67.8 cm³/mol. The van der Waals surface area contributed by atoms with Crippen molar-refractivity contribution in [3.05, 3.63) is 0 Å². The summed E-state index contributed by atoms with van der Waals surface area (Å²) in [5.74, 6) is 1.43. The fraction of sp³-hybridized carbons (Fsp3) is 0.700. The normalized spacial score (nSPS) is 10.3. The maximum absolute atomic E-state index is 5.28. The largest absolute Gasteiger partial charge is 0.464 e. The number of anilines is 1. The van der Waals surface area contributed by atoms with Gasteiger partial charge in [-0.15, -0.1) is 0 Å². The molecule has 1 rings (SSSR count). The molecule has 0 unspecified atom stereocenters. The summed E-state index contributed by atoms with van der Waals surface area (Å²) < 4.78 is 10.3. The van der Waals surface area contributed by atoms with E-state index >= 15 is 0 Å². The zero-order valence-electron chi connectivity index (χ0n) is 10.4. The molecule has 0 fully saturated rings. The van der Waals surface area contributed by atoms with Crippen LogP contribution in [0.5, 0.6) is 6.01 Å². The van der Waals surface area contributed by atoms with Gasteiger partial charge >= 0.3 is 6.01 Å². The van der Waals surface area contributed by atoms with Crippen molar-refractivity contribution in [2.75, 3.05) is 38.4 Å². The van der Waals surface area contributed by atoms with E-state index in [4.69, 9.17) is 9.47 Å². The topological polar surface area (TPSA) is 69.2 Å². The highest BCUT2D eigenvalue weighted by molar-refractivity contribution is 7.99. The van der Waals surface area contributed by atoms with Gasteiger partial charge in [0.25, 0.3) is 0 Å². The van der Waals surface area contributed by atoms with E-state index in [0.717, 1.165) is 18.8 Å². The molecule has 0 amide bonds. The highest BCUT2D eigenvalue weighted by atomic mass is 32.2. The molecule has 0 spiro atoms. The Bertz CT molecular complexity index is 338. The van der Waals surface area contributed by atoms with E-state index in [9.17, 15) is 0 Å². The molecule has 0 aliphatic carbocycles. The number of hydrogen-bond acceptors (Lipinski definition) is 7. The lowest BCUT2D eigenvalue weighted by Crippen LogP contribution is -2.05. The molecular weight excluding hydrogens is 240 g/mol. The Balaban J connectivity index is 2.59. The Labute approximate surface area is 106 Å². The van der Waals surface area contributed by atoms with E-state index in [0.29, 0.717) is 23.7 Å². The Morgan fingerprint density at radius 2 is 2.12 bits per heavy atom. The molecule has 1 N–H and O–H groups in total. The van der Waals surface area contributed by atoms with Gasteiger partial charge < -0.3 is 14.8 Å². The molecule has 0 aliphatic heterocycles. The number of rotatable bonds is 8. The van der Waals surface area contributed by atoms with Crippen molar-refractivity contribution in [2.24, 2.45) is 0 Å². The Kier molecular flexibility index (Phi) is 6.64. The molecule has 0 atom stereocenters. The number of ether oxygens (including phenoxy) is 2. The first kappa shape index (κ1) is 14.0. The average Bonchev–Trinajstić information content (AvgIpc) is 2.35. The molecule has 1 aromatic rings. The standard InChI is InChI=1S/C10H18N4O2S/c1-4-16-9-12-8(11-2)13-10(14-9)17-7-5-6-15-3/h4-7H2,1-3H3,(H,11,12,13,14). The second kappa shape index (κ2) is 8.08. The molecule has 96 valence electrons. The first-order valence-corrected chi connectivity index (χ1v) is 6.47. The van der Waals surface area contributed by atoms with E-state index in [1.807, 2.05) is 6.92 Å². The zero-order valence-corrected chi connectivity index (χ0v) is 11.2. The summed E-state index contributed by atoms with van der Waals surface area (Å²) in [6.07, 6.45) is 0.964. The Morgan fingerprint density at radius 3 is 2.76 bits per heavy atom. The van der Waals surface area contributed by atoms with Crippen molar-refractivity contribution in [3.8, 4) is 6.01 Å². The maximum atomic E-state index is 5.28. The van der Waals surface area contributed by atoms with Gasteiger partial charge in [-0.3, -0.25) is 0 Å². The molecule has 0 aromatic carbocycles. The Hall–Kier alpha value is -1.08. The summed E-state index contributed by atoms with van der Waals surface area (Å²) >= 11 is 1.57. The van der Waals surface area contributed by atoms with Gasteiger partial charge in [0.2, 0.25) is 5.95 Å². The smallest absolute Gasteiger partial charge is 0.322 e. The van der Waals surface area contributed by atoms with Gasteiger partial charge in [0.1, 0.15) is 0 Å². The number of thioether (sulfide) groups is 1. The van der Waals surface area contributed by atoms with E-state index in [1.165, 1.54) is 0 Å². The molecule has 0 radical (unpaired) electrons. The highest BCUT2D eigenvalue weighted by Gasteiger charge is 2.06. The van der Waals surface area contributed by atoms with Gasteiger partial charge in [0.05, 0.1) is 6.61 Å². The monoisotopic (exact) mass is 258 g/mol. The van der Waals surface area contributed by atoms with Gasteiger partial charge in [-0.25, -0.2) is 0 Å². The third kappa shape index (κ3) is 5.18. The lowest BCUT2D eigenvalue weighted by atomic mass is 10.5. The predicted octanol–water partition coefficient (Wildman–Crippen LogP) is 1.44. The Morgan fingerprint density at radius 1 is 1.29 bits per heavy atom. The SMILES string of the molecule is CCOc1nc(NC)nc(SCCCOC)n1. The molecule has 0 saturated carbocycles. The fourth-order valence-corrected chi connectivity index (χ4v) is 1.81. The van der Waals surface area contributed by atoms with E-state index in [2.05, 4.69) is 20.3 Å². The maximum Gasteiger partial charge on any atom is 0.322 e. The van der Waals surface area contributed by atoms with Crippen LogP contribution in [0.1, 0.15) is 13.3 Å². The van der Waals surface area contributed by atoms with Crippen molar-refractivity contribution in [3.63, 3.8) is 0 Å². The van der Waals surface area contributed by atoms with E-state index in [1.54, 1.807) is 25.9 Å². The van der Waals surface area contributed by atoms with Crippen LogP contribution in [0.3, 0.4) is 0 Å². The molecule has 7 heteroatoms. The first-order chi connectivity index (χ1) is 8.30. The number of nitrogens with zero attached hydrogens (tertiary/aromatic N) is 3. The zero-order chi connectivity index (χ0) is 12.5. The van der Waals surface area contributed by atoms with Gasteiger partial charge in [0, 0.05) is 26.5 Å². The number of nitrogens with one attached hydrogen (secondary N) is 1. The molecule has 1 aromatic heterocycles. The van der Waals surface area contributed by atoms with Crippen LogP contribution in [0.2, 0.25) is 0 Å². The molecular formula is C10H18N4O2S. The molecule has 17 heavy (non-hydrogen) atoms. The minimum Gasteiger partial charge on any atom is -0.464 e. The molecule has 0 aliphatic rings. The van der Waals surface area contributed by atoms with Crippen LogP contribution in [0, 0.1) is 0 Å².